The molecule has 2 aromatic heterocycles. The molecule has 0 bridgehead atoms. The van der Waals surface area contributed by atoms with E-state index in [2.05, 4.69) is 25.7 Å². The van der Waals surface area contributed by atoms with Gasteiger partial charge in [0.15, 0.2) is 5.82 Å². The van der Waals surface area contributed by atoms with Crippen molar-refractivity contribution < 1.29 is 4.79 Å². The number of hydrogen-bond donors (Lipinski definition) is 2. The summed E-state index contributed by atoms with van der Waals surface area (Å²) in [7, 11) is 0. The van der Waals surface area contributed by atoms with Crippen LogP contribution in [0.4, 0.5) is 5.82 Å². The molecule has 0 fully saturated rings. The molecule has 8 heteroatoms. The Hall–Kier alpha value is -3.19. The first-order valence-electron chi connectivity index (χ1n) is 9.26. The molecule has 0 aliphatic rings. The zero-order chi connectivity index (χ0) is 20.8. The van der Waals surface area contributed by atoms with E-state index >= 15 is 0 Å². The number of anilines is 1. The predicted octanol–water partition coefficient (Wildman–Crippen LogP) is 3.48. The van der Waals surface area contributed by atoms with Gasteiger partial charge in [-0.3, -0.25) is 4.79 Å². The lowest BCUT2D eigenvalue weighted by Gasteiger charge is -2.10. The van der Waals surface area contributed by atoms with Crippen molar-refractivity contribution >= 4 is 29.4 Å². The van der Waals surface area contributed by atoms with Gasteiger partial charge < -0.3 is 10.6 Å². The normalized spacial score (nSPS) is 11.0. The molecule has 3 aromatic rings. The third-order valence-electron chi connectivity index (χ3n) is 4.10. The fraction of sp³-hybridized carbons (Fsp3) is 0.238. The Bertz CT molecular complexity index is 1040. The summed E-state index contributed by atoms with van der Waals surface area (Å²) >= 11 is 6.07. The third kappa shape index (κ3) is 5.65. The number of halogens is 1. The lowest BCUT2D eigenvalue weighted by atomic mass is 10.2. The van der Waals surface area contributed by atoms with Crippen molar-refractivity contribution in [3.8, 4) is 5.82 Å². The summed E-state index contributed by atoms with van der Waals surface area (Å²) in [6, 6.07) is 11.2. The van der Waals surface area contributed by atoms with Gasteiger partial charge in [0.05, 0.1) is 5.69 Å². The van der Waals surface area contributed by atoms with E-state index in [1.54, 1.807) is 16.8 Å². The molecular formula is C21H23ClN6O. The van der Waals surface area contributed by atoms with E-state index < -0.39 is 0 Å². The first-order valence-corrected chi connectivity index (χ1v) is 9.64. The maximum absolute atomic E-state index is 12.0. The number of benzene rings is 1. The summed E-state index contributed by atoms with van der Waals surface area (Å²) in [5.74, 6) is 1.84. The van der Waals surface area contributed by atoms with E-state index in [9.17, 15) is 4.79 Å². The zero-order valence-electron chi connectivity index (χ0n) is 16.6. The Balaban J connectivity index is 1.53. The first kappa shape index (κ1) is 20.5. The van der Waals surface area contributed by atoms with Crippen molar-refractivity contribution in [2.24, 2.45) is 0 Å². The van der Waals surface area contributed by atoms with Gasteiger partial charge in [-0.1, -0.05) is 29.8 Å². The molecule has 0 saturated carbocycles. The highest BCUT2D eigenvalue weighted by molar-refractivity contribution is 6.32. The number of carbonyl (C=O) groups is 1. The summed E-state index contributed by atoms with van der Waals surface area (Å²) < 4.78 is 1.79. The van der Waals surface area contributed by atoms with Crippen LogP contribution < -0.4 is 10.6 Å². The second-order valence-corrected chi connectivity index (χ2v) is 6.98. The SMILES string of the molecule is Cc1cc(C)n(-c2cc(NCCNC(=O)/C=C/c3ccccc3Cl)nc(C)n2)n1. The summed E-state index contributed by atoms with van der Waals surface area (Å²) in [6.07, 6.45) is 3.16. The number of nitrogens with one attached hydrogen (secondary N) is 2. The third-order valence-corrected chi connectivity index (χ3v) is 4.45. The highest BCUT2D eigenvalue weighted by atomic mass is 35.5. The van der Waals surface area contributed by atoms with Crippen LogP contribution in [0.15, 0.2) is 42.5 Å². The maximum atomic E-state index is 12.0. The monoisotopic (exact) mass is 410 g/mol. The van der Waals surface area contributed by atoms with Gasteiger partial charge in [0.25, 0.3) is 0 Å². The minimum Gasteiger partial charge on any atom is -0.368 e. The highest BCUT2D eigenvalue weighted by Crippen LogP contribution is 2.16. The largest absolute Gasteiger partial charge is 0.368 e. The zero-order valence-corrected chi connectivity index (χ0v) is 17.4. The summed E-state index contributed by atoms with van der Waals surface area (Å²) in [4.78, 5) is 20.8. The van der Waals surface area contributed by atoms with Crippen LogP contribution in [0.2, 0.25) is 5.02 Å². The Labute approximate surface area is 174 Å². The highest BCUT2D eigenvalue weighted by Gasteiger charge is 2.08. The van der Waals surface area contributed by atoms with E-state index in [0.717, 1.165) is 17.0 Å². The van der Waals surface area contributed by atoms with Gasteiger partial charge in [0.1, 0.15) is 11.6 Å². The molecule has 3 rings (SSSR count). The number of hydrogen-bond acceptors (Lipinski definition) is 5. The van der Waals surface area contributed by atoms with Crippen molar-refractivity contribution in [2.45, 2.75) is 20.8 Å². The lowest BCUT2D eigenvalue weighted by molar-refractivity contribution is -0.116. The fourth-order valence-electron chi connectivity index (χ4n) is 2.82. The van der Waals surface area contributed by atoms with Crippen LogP contribution in [-0.2, 0) is 4.79 Å². The number of aryl methyl sites for hydroxylation is 3. The summed E-state index contributed by atoms with van der Waals surface area (Å²) in [6.45, 7) is 6.74. The molecule has 0 unspecified atom stereocenters. The van der Waals surface area contributed by atoms with E-state index in [4.69, 9.17) is 11.6 Å². The van der Waals surface area contributed by atoms with Crippen molar-refractivity contribution in [1.29, 1.82) is 0 Å². The minimum atomic E-state index is -0.186. The molecule has 1 aromatic carbocycles. The molecule has 7 nitrogen and oxygen atoms in total. The maximum Gasteiger partial charge on any atom is 0.244 e. The molecular weight excluding hydrogens is 388 g/mol. The van der Waals surface area contributed by atoms with Gasteiger partial charge in [0.2, 0.25) is 5.91 Å². The molecule has 0 saturated heterocycles. The smallest absolute Gasteiger partial charge is 0.244 e. The minimum absolute atomic E-state index is 0.186. The Morgan fingerprint density at radius 3 is 2.66 bits per heavy atom. The van der Waals surface area contributed by atoms with Gasteiger partial charge in [-0.25, -0.2) is 14.6 Å². The number of aromatic nitrogens is 4. The van der Waals surface area contributed by atoms with Crippen molar-refractivity contribution in [2.75, 3.05) is 18.4 Å². The fourth-order valence-corrected chi connectivity index (χ4v) is 3.02. The van der Waals surface area contributed by atoms with Crippen LogP contribution in [0.5, 0.6) is 0 Å². The Kier molecular flexibility index (Phi) is 6.61. The van der Waals surface area contributed by atoms with Gasteiger partial charge in [-0.15, -0.1) is 0 Å². The van der Waals surface area contributed by atoms with Crippen LogP contribution in [0, 0.1) is 20.8 Å². The number of nitrogens with zero attached hydrogens (tertiary/aromatic N) is 4. The Morgan fingerprint density at radius 1 is 1.14 bits per heavy atom. The van der Waals surface area contributed by atoms with Crippen LogP contribution >= 0.6 is 11.6 Å². The summed E-state index contributed by atoms with van der Waals surface area (Å²) in [5, 5.41) is 11.1. The molecule has 0 radical (unpaired) electrons. The molecule has 2 heterocycles. The lowest BCUT2D eigenvalue weighted by Crippen LogP contribution is -2.27. The standard InChI is InChI=1S/C21H23ClN6O/c1-14-12-15(2)28(27-14)20-13-19(25-16(3)26-20)23-10-11-24-21(29)9-8-17-6-4-5-7-18(17)22/h4-9,12-13H,10-11H2,1-3H3,(H,24,29)(H,23,25,26)/b9-8+. The second kappa shape index (κ2) is 9.34. The van der Waals surface area contributed by atoms with Crippen LogP contribution in [0.25, 0.3) is 11.9 Å². The van der Waals surface area contributed by atoms with E-state index in [1.807, 2.05) is 51.1 Å². The number of rotatable bonds is 7. The average Bonchev–Trinajstić information content (AvgIpc) is 3.02. The number of carbonyl (C=O) groups excluding carboxylic acids is 1. The first-order chi connectivity index (χ1) is 13.9. The molecule has 0 spiro atoms. The van der Waals surface area contributed by atoms with Crippen LogP contribution in [0.1, 0.15) is 22.8 Å². The molecule has 29 heavy (non-hydrogen) atoms. The van der Waals surface area contributed by atoms with Crippen LogP contribution in [0.3, 0.4) is 0 Å². The summed E-state index contributed by atoms with van der Waals surface area (Å²) in [5.41, 5.74) is 2.74. The van der Waals surface area contributed by atoms with Crippen molar-refractivity contribution in [1.82, 2.24) is 25.1 Å². The van der Waals surface area contributed by atoms with Gasteiger partial charge in [-0.2, -0.15) is 5.10 Å². The van der Waals surface area contributed by atoms with Gasteiger partial charge in [0, 0.05) is 35.9 Å². The van der Waals surface area contributed by atoms with Crippen LogP contribution in [-0.4, -0.2) is 38.7 Å². The average molecular weight is 411 g/mol. The van der Waals surface area contributed by atoms with Gasteiger partial charge in [-0.05, 0) is 44.5 Å². The van der Waals surface area contributed by atoms with E-state index in [1.165, 1.54) is 6.08 Å². The van der Waals surface area contributed by atoms with Crippen molar-refractivity contribution in [3.05, 3.63) is 70.3 Å². The van der Waals surface area contributed by atoms with E-state index in [-0.39, 0.29) is 5.91 Å². The molecule has 1 amide bonds. The predicted molar refractivity (Wildman–Crippen MR) is 115 cm³/mol. The molecule has 0 aliphatic carbocycles. The van der Waals surface area contributed by atoms with Crippen molar-refractivity contribution in [3.63, 3.8) is 0 Å². The number of amides is 1. The molecule has 0 atom stereocenters. The molecule has 2 N–H and O–H groups in total. The van der Waals surface area contributed by atoms with Gasteiger partial charge >= 0.3 is 0 Å². The second-order valence-electron chi connectivity index (χ2n) is 6.57. The molecule has 150 valence electrons. The topological polar surface area (TPSA) is 84.7 Å². The molecule has 0 aliphatic heterocycles. The van der Waals surface area contributed by atoms with E-state index in [0.29, 0.717) is 35.6 Å². The quantitative estimate of drug-likeness (QED) is 0.460. The Morgan fingerprint density at radius 2 is 1.93 bits per heavy atom.